The van der Waals surface area contributed by atoms with Crippen LogP contribution in [0.15, 0.2) is 24.3 Å². The first-order chi connectivity index (χ1) is 11.3. The normalized spacial score (nSPS) is 16.4. The number of hydrogen-bond acceptors (Lipinski definition) is 3. The van der Waals surface area contributed by atoms with Crippen LogP contribution in [0.2, 0.25) is 5.02 Å². The van der Waals surface area contributed by atoms with Gasteiger partial charge in [0, 0.05) is 16.6 Å². The van der Waals surface area contributed by atoms with Gasteiger partial charge in [-0.1, -0.05) is 42.6 Å². The molecule has 124 valence electrons. The second-order valence-electron chi connectivity index (χ2n) is 6.11. The summed E-state index contributed by atoms with van der Waals surface area (Å²) >= 11 is 7.81. The minimum absolute atomic E-state index is 0.0490. The van der Waals surface area contributed by atoms with Crippen LogP contribution in [0.3, 0.4) is 0 Å². The largest absolute Gasteiger partial charge is 0.351 e. The Bertz CT molecular complexity index is 662. The molecule has 5 heteroatoms. The van der Waals surface area contributed by atoms with Crippen LogP contribution < -0.4 is 5.32 Å². The molecule has 1 aliphatic heterocycles. The fraction of sp³-hybridized carbons (Fsp3) is 0.500. The molecule has 1 N–H and O–H groups in total. The van der Waals surface area contributed by atoms with E-state index in [2.05, 4.69) is 10.2 Å². The van der Waals surface area contributed by atoms with Crippen LogP contribution in [-0.2, 0) is 0 Å². The molecule has 0 spiro atoms. The van der Waals surface area contributed by atoms with Crippen LogP contribution >= 0.6 is 22.9 Å². The van der Waals surface area contributed by atoms with Crippen LogP contribution in [0.5, 0.6) is 0 Å². The molecule has 2 heterocycles. The number of thiophene rings is 1. The van der Waals surface area contributed by atoms with Gasteiger partial charge in [0.15, 0.2) is 0 Å². The number of amides is 1. The van der Waals surface area contributed by atoms with E-state index >= 15 is 0 Å². The van der Waals surface area contributed by atoms with Crippen molar-refractivity contribution in [3.63, 3.8) is 0 Å². The fourth-order valence-electron chi connectivity index (χ4n) is 3.10. The number of rotatable bonds is 5. The molecule has 0 aliphatic carbocycles. The van der Waals surface area contributed by atoms with Gasteiger partial charge in [-0.3, -0.25) is 4.79 Å². The van der Waals surface area contributed by atoms with E-state index in [1.807, 2.05) is 24.3 Å². The number of benzene rings is 1. The van der Waals surface area contributed by atoms with Gasteiger partial charge in [0.1, 0.15) is 4.88 Å². The van der Waals surface area contributed by atoms with Gasteiger partial charge in [-0.2, -0.15) is 0 Å². The molecule has 0 unspecified atom stereocenters. The van der Waals surface area contributed by atoms with Crippen molar-refractivity contribution in [2.75, 3.05) is 26.2 Å². The number of nitrogens with one attached hydrogen (secondary N) is 1. The Hall–Kier alpha value is -1.10. The maximum Gasteiger partial charge on any atom is 0.262 e. The molecule has 3 rings (SSSR count). The zero-order chi connectivity index (χ0) is 16.1. The maximum atomic E-state index is 12.3. The minimum Gasteiger partial charge on any atom is -0.351 e. The monoisotopic (exact) mass is 350 g/mol. The molecule has 1 saturated heterocycles. The number of carbonyl (C=O) groups is 1. The number of fused-ring (bicyclic) bond motifs is 1. The predicted molar refractivity (Wildman–Crippen MR) is 98.7 cm³/mol. The van der Waals surface area contributed by atoms with E-state index in [-0.39, 0.29) is 5.91 Å². The molecule has 0 atom stereocenters. The first-order valence-electron chi connectivity index (χ1n) is 8.43. The second kappa shape index (κ2) is 8.13. The van der Waals surface area contributed by atoms with Crippen molar-refractivity contribution in [1.29, 1.82) is 0 Å². The van der Waals surface area contributed by atoms with E-state index < -0.39 is 0 Å². The van der Waals surface area contributed by atoms with Crippen LogP contribution in [0.4, 0.5) is 0 Å². The van der Waals surface area contributed by atoms with Gasteiger partial charge in [0.05, 0.1) is 5.02 Å². The number of likely N-dealkylation sites (tertiary alicyclic amines) is 1. The summed E-state index contributed by atoms with van der Waals surface area (Å²) in [5.41, 5.74) is 0. The van der Waals surface area contributed by atoms with E-state index in [0.717, 1.165) is 23.1 Å². The first kappa shape index (κ1) is 16.7. The molecule has 1 aromatic carbocycles. The molecule has 1 aromatic heterocycles. The summed E-state index contributed by atoms with van der Waals surface area (Å²) in [5, 5.41) is 4.56. The van der Waals surface area contributed by atoms with Gasteiger partial charge in [0.25, 0.3) is 5.91 Å². The Labute approximate surface area is 146 Å². The SMILES string of the molecule is O=C(NCCCN1CCCCCC1)c1sc2ccccc2c1Cl. The van der Waals surface area contributed by atoms with E-state index in [4.69, 9.17) is 11.6 Å². The van der Waals surface area contributed by atoms with Crippen LogP contribution in [0.25, 0.3) is 10.1 Å². The van der Waals surface area contributed by atoms with Crippen molar-refractivity contribution in [3.05, 3.63) is 34.2 Å². The Morgan fingerprint density at radius 3 is 2.65 bits per heavy atom. The Kier molecular flexibility index (Phi) is 5.92. The van der Waals surface area contributed by atoms with Crippen molar-refractivity contribution in [2.24, 2.45) is 0 Å². The highest BCUT2D eigenvalue weighted by atomic mass is 35.5. The summed E-state index contributed by atoms with van der Waals surface area (Å²) in [5.74, 6) is -0.0490. The van der Waals surface area contributed by atoms with Crippen molar-refractivity contribution in [1.82, 2.24) is 10.2 Å². The van der Waals surface area contributed by atoms with Gasteiger partial charge < -0.3 is 10.2 Å². The average Bonchev–Trinajstić information content (AvgIpc) is 2.75. The maximum absolute atomic E-state index is 12.3. The summed E-state index contributed by atoms with van der Waals surface area (Å²) in [6.07, 6.45) is 6.33. The summed E-state index contributed by atoms with van der Waals surface area (Å²) < 4.78 is 1.06. The topological polar surface area (TPSA) is 32.3 Å². The Morgan fingerprint density at radius 2 is 1.91 bits per heavy atom. The van der Waals surface area contributed by atoms with Gasteiger partial charge in [-0.25, -0.2) is 0 Å². The van der Waals surface area contributed by atoms with Crippen molar-refractivity contribution in [2.45, 2.75) is 32.1 Å². The predicted octanol–water partition coefficient (Wildman–Crippen LogP) is 4.55. The summed E-state index contributed by atoms with van der Waals surface area (Å²) in [6.45, 7) is 4.19. The minimum atomic E-state index is -0.0490. The molecule has 1 aliphatic rings. The van der Waals surface area contributed by atoms with Crippen molar-refractivity contribution < 1.29 is 4.79 Å². The van der Waals surface area contributed by atoms with Gasteiger partial charge in [0.2, 0.25) is 0 Å². The highest BCUT2D eigenvalue weighted by Gasteiger charge is 2.16. The standard InChI is InChI=1S/C18H23ClN2OS/c19-16-14-8-3-4-9-15(14)23-17(16)18(22)20-10-7-13-21-11-5-1-2-6-12-21/h3-4,8-9H,1-2,5-7,10-13H2,(H,20,22). The van der Waals surface area contributed by atoms with Crippen LogP contribution in [0, 0.1) is 0 Å². The van der Waals surface area contributed by atoms with Gasteiger partial charge in [-0.15, -0.1) is 11.3 Å². The lowest BCUT2D eigenvalue weighted by Gasteiger charge is -2.19. The highest BCUT2D eigenvalue weighted by Crippen LogP contribution is 2.34. The Balaban J connectivity index is 1.49. The molecule has 1 amide bonds. The molecule has 23 heavy (non-hydrogen) atoms. The molecular weight excluding hydrogens is 328 g/mol. The molecule has 0 bridgehead atoms. The number of halogens is 1. The third-order valence-corrected chi connectivity index (χ3v) is 6.05. The molecular formula is C18H23ClN2OS. The van der Waals surface area contributed by atoms with Crippen LogP contribution in [-0.4, -0.2) is 37.0 Å². The highest BCUT2D eigenvalue weighted by molar-refractivity contribution is 7.21. The quantitative estimate of drug-likeness (QED) is 0.802. The molecule has 3 nitrogen and oxygen atoms in total. The third-order valence-electron chi connectivity index (χ3n) is 4.38. The lowest BCUT2D eigenvalue weighted by Crippen LogP contribution is -2.30. The molecule has 1 fully saturated rings. The Morgan fingerprint density at radius 1 is 1.17 bits per heavy atom. The third kappa shape index (κ3) is 4.25. The lowest BCUT2D eigenvalue weighted by molar-refractivity contribution is 0.0956. The fourth-order valence-corrected chi connectivity index (χ4v) is 4.54. The number of carbonyl (C=O) groups excluding carboxylic acids is 1. The zero-order valence-corrected chi connectivity index (χ0v) is 14.9. The molecule has 0 saturated carbocycles. The van der Waals surface area contributed by atoms with Crippen molar-refractivity contribution >= 4 is 38.9 Å². The number of nitrogens with zero attached hydrogens (tertiary/aromatic N) is 1. The van der Waals surface area contributed by atoms with E-state index in [0.29, 0.717) is 16.4 Å². The summed E-state index contributed by atoms with van der Waals surface area (Å²) in [4.78, 5) is 15.5. The molecule has 2 aromatic rings. The van der Waals surface area contributed by atoms with E-state index in [1.54, 1.807) is 0 Å². The average molecular weight is 351 g/mol. The van der Waals surface area contributed by atoms with E-state index in [1.165, 1.54) is 50.1 Å². The van der Waals surface area contributed by atoms with Gasteiger partial charge in [-0.05, 0) is 45.0 Å². The van der Waals surface area contributed by atoms with E-state index in [9.17, 15) is 4.79 Å². The molecule has 0 radical (unpaired) electrons. The smallest absolute Gasteiger partial charge is 0.262 e. The lowest BCUT2D eigenvalue weighted by atomic mass is 10.2. The zero-order valence-electron chi connectivity index (χ0n) is 13.3. The van der Waals surface area contributed by atoms with Gasteiger partial charge >= 0.3 is 0 Å². The second-order valence-corrected chi connectivity index (χ2v) is 7.54. The summed E-state index contributed by atoms with van der Waals surface area (Å²) in [7, 11) is 0. The number of hydrogen-bond donors (Lipinski definition) is 1. The summed E-state index contributed by atoms with van der Waals surface area (Å²) in [6, 6.07) is 7.88. The van der Waals surface area contributed by atoms with Crippen molar-refractivity contribution in [3.8, 4) is 0 Å². The van der Waals surface area contributed by atoms with Crippen LogP contribution in [0.1, 0.15) is 41.8 Å². The first-order valence-corrected chi connectivity index (χ1v) is 9.63.